The minimum atomic E-state index is 0.158. The van der Waals surface area contributed by atoms with Crippen LogP contribution in [0.15, 0.2) is 24.3 Å². The van der Waals surface area contributed by atoms with E-state index in [1.165, 1.54) is 17.7 Å². The maximum Gasteiger partial charge on any atom is 0.0402 e. The van der Waals surface area contributed by atoms with Crippen LogP contribution in [0.2, 0.25) is 0 Å². The summed E-state index contributed by atoms with van der Waals surface area (Å²) in [7, 11) is 2.03. The van der Waals surface area contributed by atoms with Gasteiger partial charge >= 0.3 is 0 Å². The average molecular weight is 218 g/mol. The van der Waals surface area contributed by atoms with Crippen LogP contribution in [0.1, 0.15) is 26.3 Å². The number of anilines is 1. The second-order valence-corrected chi connectivity index (χ2v) is 5.44. The minimum Gasteiger partial charge on any atom is -0.366 e. The van der Waals surface area contributed by atoms with Crippen LogP contribution in [0, 0.1) is 0 Å². The summed E-state index contributed by atoms with van der Waals surface area (Å²) in [6.45, 7) is 7.87. The lowest BCUT2D eigenvalue weighted by Gasteiger charge is -2.34. The van der Waals surface area contributed by atoms with Crippen molar-refractivity contribution in [2.75, 3.05) is 18.5 Å². The number of likely N-dealkylation sites (N-methyl/N-ethyl adjacent to an activating group) is 1. The lowest BCUT2D eigenvalue weighted by atomic mass is 10.0. The number of rotatable bonds is 3. The molecular formula is C14H22N2. The second kappa shape index (κ2) is 4.10. The third-order valence-corrected chi connectivity index (χ3v) is 3.59. The number of nitrogens with zero attached hydrogens (tertiary/aromatic N) is 1. The van der Waals surface area contributed by atoms with Crippen molar-refractivity contribution in [2.24, 2.45) is 0 Å². The van der Waals surface area contributed by atoms with E-state index < -0.39 is 0 Å². The van der Waals surface area contributed by atoms with E-state index in [4.69, 9.17) is 0 Å². The van der Waals surface area contributed by atoms with Gasteiger partial charge in [-0.1, -0.05) is 18.2 Å². The van der Waals surface area contributed by atoms with Gasteiger partial charge in [-0.05, 0) is 45.9 Å². The molecule has 0 aliphatic carbocycles. The van der Waals surface area contributed by atoms with E-state index in [2.05, 4.69) is 55.3 Å². The molecule has 0 saturated carbocycles. The smallest absolute Gasteiger partial charge is 0.0402 e. The highest BCUT2D eigenvalue weighted by Gasteiger charge is 2.29. The van der Waals surface area contributed by atoms with E-state index in [-0.39, 0.29) is 5.54 Å². The zero-order valence-electron chi connectivity index (χ0n) is 10.7. The minimum absolute atomic E-state index is 0.158. The molecule has 0 spiro atoms. The molecule has 1 unspecified atom stereocenters. The van der Waals surface area contributed by atoms with Crippen molar-refractivity contribution in [1.29, 1.82) is 0 Å². The van der Waals surface area contributed by atoms with Gasteiger partial charge in [0.2, 0.25) is 0 Å². The van der Waals surface area contributed by atoms with Crippen molar-refractivity contribution in [1.82, 2.24) is 5.32 Å². The number of para-hydroxylation sites is 1. The summed E-state index contributed by atoms with van der Waals surface area (Å²) in [5, 5.41) is 3.38. The van der Waals surface area contributed by atoms with E-state index >= 15 is 0 Å². The third-order valence-electron chi connectivity index (χ3n) is 3.59. The largest absolute Gasteiger partial charge is 0.366 e. The Balaban J connectivity index is 2.22. The van der Waals surface area contributed by atoms with Crippen LogP contribution in [0.4, 0.5) is 5.69 Å². The van der Waals surface area contributed by atoms with E-state index in [1.807, 2.05) is 7.05 Å². The molecule has 0 radical (unpaired) electrons. The Morgan fingerprint density at radius 2 is 2.06 bits per heavy atom. The van der Waals surface area contributed by atoms with Gasteiger partial charge in [0.15, 0.2) is 0 Å². The SMILES string of the molecule is CNC(C)(C)CN1c2ccccc2CC1C. The van der Waals surface area contributed by atoms with Gasteiger partial charge in [-0.2, -0.15) is 0 Å². The summed E-state index contributed by atoms with van der Waals surface area (Å²) in [5.41, 5.74) is 3.06. The molecule has 1 aromatic carbocycles. The van der Waals surface area contributed by atoms with Crippen molar-refractivity contribution in [3.63, 3.8) is 0 Å². The fourth-order valence-electron chi connectivity index (χ4n) is 2.38. The first-order valence-corrected chi connectivity index (χ1v) is 6.07. The van der Waals surface area contributed by atoms with Crippen LogP contribution in [-0.4, -0.2) is 25.2 Å². The fourth-order valence-corrected chi connectivity index (χ4v) is 2.38. The van der Waals surface area contributed by atoms with E-state index in [0.29, 0.717) is 6.04 Å². The molecule has 1 aliphatic rings. The Labute approximate surface area is 98.7 Å². The maximum absolute atomic E-state index is 3.38. The highest BCUT2D eigenvalue weighted by atomic mass is 15.2. The monoisotopic (exact) mass is 218 g/mol. The van der Waals surface area contributed by atoms with Gasteiger partial charge in [-0.3, -0.25) is 0 Å². The van der Waals surface area contributed by atoms with Crippen LogP contribution in [0.3, 0.4) is 0 Å². The van der Waals surface area contributed by atoms with Crippen molar-refractivity contribution in [2.45, 2.75) is 38.8 Å². The predicted octanol–water partition coefficient (Wildman–Crippen LogP) is 2.44. The number of nitrogens with one attached hydrogen (secondary N) is 1. The number of hydrogen-bond donors (Lipinski definition) is 1. The summed E-state index contributed by atoms with van der Waals surface area (Å²) < 4.78 is 0. The summed E-state index contributed by atoms with van der Waals surface area (Å²) in [6.07, 6.45) is 1.18. The zero-order chi connectivity index (χ0) is 11.8. The quantitative estimate of drug-likeness (QED) is 0.838. The van der Waals surface area contributed by atoms with E-state index in [1.54, 1.807) is 0 Å². The van der Waals surface area contributed by atoms with Crippen LogP contribution < -0.4 is 10.2 Å². The van der Waals surface area contributed by atoms with Gasteiger partial charge in [0.05, 0.1) is 0 Å². The van der Waals surface area contributed by atoms with Crippen molar-refractivity contribution in [3.05, 3.63) is 29.8 Å². The summed E-state index contributed by atoms with van der Waals surface area (Å²) in [4.78, 5) is 2.52. The second-order valence-electron chi connectivity index (χ2n) is 5.44. The molecule has 1 aliphatic heterocycles. The van der Waals surface area contributed by atoms with Gasteiger partial charge in [-0.25, -0.2) is 0 Å². The highest BCUT2D eigenvalue weighted by molar-refractivity contribution is 5.59. The molecule has 2 heteroatoms. The van der Waals surface area contributed by atoms with Crippen LogP contribution in [0.5, 0.6) is 0 Å². The molecule has 1 heterocycles. The Morgan fingerprint density at radius 1 is 1.38 bits per heavy atom. The van der Waals surface area contributed by atoms with Crippen LogP contribution in [-0.2, 0) is 6.42 Å². The van der Waals surface area contributed by atoms with Gasteiger partial charge in [0.1, 0.15) is 0 Å². The molecule has 0 aromatic heterocycles. The molecular weight excluding hydrogens is 196 g/mol. The lowest BCUT2D eigenvalue weighted by Crippen LogP contribution is -2.49. The molecule has 2 nitrogen and oxygen atoms in total. The molecule has 0 amide bonds. The molecule has 1 atom stereocenters. The molecule has 2 rings (SSSR count). The summed E-state index contributed by atoms with van der Waals surface area (Å²) in [6, 6.07) is 9.38. The Hall–Kier alpha value is -1.02. The molecule has 16 heavy (non-hydrogen) atoms. The van der Waals surface area contributed by atoms with E-state index in [9.17, 15) is 0 Å². The average Bonchev–Trinajstić information content (AvgIpc) is 2.56. The lowest BCUT2D eigenvalue weighted by molar-refractivity contribution is 0.411. The molecule has 88 valence electrons. The zero-order valence-corrected chi connectivity index (χ0v) is 10.7. The number of fused-ring (bicyclic) bond motifs is 1. The first-order valence-electron chi connectivity index (χ1n) is 6.07. The first-order chi connectivity index (χ1) is 7.53. The molecule has 0 saturated heterocycles. The first kappa shape index (κ1) is 11.5. The standard InChI is InChI=1S/C14H22N2/c1-11-9-12-7-5-6-8-13(12)16(11)10-14(2,3)15-4/h5-8,11,15H,9-10H2,1-4H3. The third kappa shape index (κ3) is 2.07. The van der Waals surface area contributed by atoms with Crippen molar-refractivity contribution in [3.8, 4) is 0 Å². The van der Waals surface area contributed by atoms with Gasteiger partial charge in [-0.15, -0.1) is 0 Å². The normalized spacial score (nSPS) is 20.0. The van der Waals surface area contributed by atoms with Crippen LogP contribution in [0.25, 0.3) is 0 Å². The predicted molar refractivity (Wildman–Crippen MR) is 70.1 cm³/mol. The molecule has 1 N–H and O–H groups in total. The van der Waals surface area contributed by atoms with Gasteiger partial charge in [0.25, 0.3) is 0 Å². The molecule has 0 bridgehead atoms. The van der Waals surface area contributed by atoms with Gasteiger partial charge in [0, 0.05) is 23.8 Å². The number of hydrogen-bond acceptors (Lipinski definition) is 2. The topological polar surface area (TPSA) is 15.3 Å². The fraction of sp³-hybridized carbons (Fsp3) is 0.571. The molecule has 0 fully saturated rings. The molecule has 1 aromatic rings. The summed E-state index contributed by atoms with van der Waals surface area (Å²) in [5.74, 6) is 0. The Kier molecular flexibility index (Phi) is 2.94. The van der Waals surface area contributed by atoms with E-state index in [0.717, 1.165) is 6.54 Å². The van der Waals surface area contributed by atoms with Crippen molar-refractivity contribution >= 4 is 5.69 Å². The number of benzene rings is 1. The Morgan fingerprint density at radius 3 is 2.75 bits per heavy atom. The van der Waals surface area contributed by atoms with Crippen molar-refractivity contribution < 1.29 is 0 Å². The Bertz CT molecular complexity index is 371. The maximum atomic E-state index is 3.38. The van der Waals surface area contributed by atoms with Gasteiger partial charge < -0.3 is 10.2 Å². The highest BCUT2D eigenvalue weighted by Crippen LogP contribution is 2.32. The van der Waals surface area contributed by atoms with Crippen LogP contribution >= 0.6 is 0 Å². The summed E-state index contributed by atoms with van der Waals surface area (Å²) >= 11 is 0.